The highest BCUT2D eigenvalue weighted by molar-refractivity contribution is 5.87. The minimum Gasteiger partial charge on any atom is -0.493 e. The van der Waals surface area contributed by atoms with Crippen molar-refractivity contribution in [3.63, 3.8) is 0 Å². The van der Waals surface area contributed by atoms with Gasteiger partial charge in [0.2, 0.25) is 0 Å². The van der Waals surface area contributed by atoms with Crippen molar-refractivity contribution in [3.8, 4) is 11.5 Å². The second kappa shape index (κ2) is 8.20. The molecule has 2 aromatic carbocycles. The van der Waals surface area contributed by atoms with Crippen molar-refractivity contribution in [1.82, 2.24) is 0 Å². The molecule has 0 fully saturated rings. The molecule has 0 aliphatic rings. The molecule has 24 heavy (non-hydrogen) atoms. The summed E-state index contributed by atoms with van der Waals surface area (Å²) in [5, 5.41) is 0. The number of hydrogen-bond acceptors (Lipinski definition) is 4. The van der Waals surface area contributed by atoms with Crippen molar-refractivity contribution in [2.75, 3.05) is 14.2 Å². The topological polar surface area (TPSA) is 44.8 Å². The molecular weight excluding hydrogens is 304 g/mol. The van der Waals surface area contributed by atoms with Crippen LogP contribution in [0.5, 0.6) is 11.5 Å². The molecule has 0 N–H and O–H groups in total. The van der Waals surface area contributed by atoms with Crippen LogP contribution in [0.2, 0.25) is 0 Å². The van der Waals surface area contributed by atoms with Gasteiger partial charge in [0, 0.05) is 6.08 Å². The summed E-state index contributed by atoms with van der Waals surface area (Å²) < 4.78 is 15.7. The van der Waals surface area contributed by atoms with Crippen molar-refractivity contribution >= 4 is 12.0 Å². The summed E-state index contributed by atoms with van der Waals surface area (Å²) in [5.41, 5.74) is 4.13. The van der Waals surface area contributed by atoms with Gasteiger partial charge in [-0.3, -0.25) is 0 Å². The Bertz CT molecular complexity index is 727. The molecule has 2 rings (SSSR count). The molecule has 0 saturated carbocycles. The van der Waals surface area contributed by atoms with Crippen molar-refractivity contribution in [3.05, 3.63) is 64.7 Å². The molecule has 2 aromatic rings. The van der Waals surface area contributed by atoms with Gasteiger partial charge < -0.3 is 14.2 Å². The average molecular weight is 326 g/mol. The van der Waals surface area contributed by atoms with Crippen LogP contribution in [0, 0.1) is 13.8 Å². The van der Waals surface area contributed by atoms with Gasteiger partial charge in [0.25, 0.3) is 0 Å². The van der Waals surface area contributed by atoms with E-state index in [0.717, 1.165) is 22.3 Å². The minimum absolute atomic E-state index is 0.262. The smallest absolute Gasteiger partial charge is 0.331 e. The van der Waals surface area contributed by atoms with Crippen LogP contribution in [-0.4, -0.2) is 20.2 Å². The number of rotatable bonds is 6. The van der Waals surface area contributed by atoms with Crippen molar-refractivity contribution in [1.29, 1.82) is 0 Å². The SMILES string of the molecule is COc1ccc(/C=C/C(=O)OCc2cc(C)cc(C)c2)cc1OC. The first kappa shape index (κ1) is 17.6. The molecule has 0 bridgehead atoms. The van der Waals surface area contributed by atoms with Gasteiger partial charge in [-0.2, -0.15) is 0 Å². The number of ether oxygens (including phenoxy) is 3. The molecule has 0 unspecified atom stereocenters. The molecule has 0 aliphatic carbocycles. The summed E-state index contributed by atoms with van der Waals surface area (Å²) in [6, 6.07) is 11.5. The molecule has 4 nitrogen and oxygen atoms in total. The first-order chi connectivity index (χ1) is 11.5. The lowest BCUT2D eigenvalue weighted by atomic mass is 10.1. The normalized spacial score (nSPS) is 10.7. The van der Waals surface area contributed by atoms with Crippen LogP contribution in [0.25, 0.3) is 6.08 Å². The highest BCUT2D eigenvalue weighted by Gasteiger charge is 2.04. The van der Waals surface area contributed by atoms with Gasteiger partial charge in [-0.1, -0.05) is 35.4 Å². The molecule has 0 heterocycles. The van der Waals surface area contributed by atoms with Crippen LogP contribution in [0.1, 0.15) is 22.3 Å². The fourth-order valence-corrected chi connectivity index (χ4v) is 2.48. The largest absolute Gasteiger partial charge is 0.493 e. The first-order valence-corrected chi connectivity index (χ1v) is 7.66. The maximum atomic E-state index is 11.9. The zero-order chi connectivity index (χ0) is 17.5. The second-order valence-corrected chi connectivity index (χ2v) is 5.55. The number of aryl methyl sites for hydroxylation is 2. The molecule has 0 spiro atoms. The Balaban J connectivity index is 1.97. The zero-order valence-corrected chi connectivity index (χ0v) is 14.5. The van der Waals surface area contributed by atoms with Crippen molar-refractivity contribution in [2.45, 2.75) is 20.5 Å². The van der Waals surface area contributed by atoms with Gasteiger partial charge in [0.15, 0.2) is 11.5 Å². The lowest BCUT2D eigenvalue weighted by Crippen LogP contribution is -2.01. The fraction of sp³-hybridized carbons (Fsp3) is 0.250. The maximum Gasteiger partial charge on any atom is 0.331 e. The van der Waals surface area contributed by atoms with Gasteiger partial charge in [0.05, 0.1) is 14.2 Å². The summed E-state index contributed by atoms with van der Waals surface area (Å²) in [4.78, 5) is 11.9. The van der Waals surface area contributed by atoms with E-state index in [1.54, 1.807) is 32.4 Å². The summed E-state index contributed by atoms with van der Waals surface area (Å²) in [6.07, 6.45) is 3.09. The fourth-order valence-electron chi connectivity index (χ4n) is 2.48. The predicted molar refractivity (Wildman–Crippen MR) is 94.3 cm³/mol. The van der Waals surface area contributed by atoms with Gasteiger partial charge >= 0.3 is 5.97 Å². The molecule has 0 saturated heterocycles. The Morgan fingerprint density at radius 3 is 2.25 bits per heavy atom. The van der Waals surface area contributed by atoms with E-state index in [-0.39, 0.29) is 12.6 Å². The van der Waals surface area contributed by atoms with Crippen LogP contribution in [0.4, 0.5) is 0 Å². The number of hydrogen-bond donors (Lipinski definition) is 0. The number of benzene rings is 2. The zero-order valence-electron chi connectivity index (χ0n) is 14.5. The highest BCUT2D eigenvalue weighted by Crippen LogP contribution is 2.27. The second-order valence-electron chi connectivity index (χ2n) is 5.55. The summed E-state index contributed by atoms with van der Waals surface area (Å²) in [5.74, 6) is 0.874. The maximum absolute atomic E-state index is 11.9. The van der Waals surface area contributed by atoms with Crippen LogP contribution >= 0.6 is 0 Å². The van der Waals surface area contributed by atoms with Gasteiger partial charge in [-0.25, -0.2) is 4.79 Å². The Kier molecular flexibility index (Phi) is 6.01. The van der Waals surface area contributed by atoms with Crippen LogP contribution in [0.3, 0.4) is 0 Å². The molecular formula is C20H22O4. The van der Waals surface area contributed by atoms with Crippen molar-refractivity contribution in [2.24, 2.45) is 0 Å². The Hall–Kier alpha value is -2.75. The Labute approximate surface area is 142 Å². The summed E-state index contributed by atoms with van der Waals surface area (Å²) in [7, 11) is 3.15. The van der Waals surface area contributed by atoms with E-state index in [2.05, 4.69) is 6.07 Å². The standard InChI is InChI=1S/C20H22O4/c1-14-9-15(2)11-17(10-14)13-24-20(21)8-6-16-5-7-18(22-3)19(12-16)23-4/h5-12H,13H2,1-4H3/b8-6+. The monoisotopic (exact) mass is 326 g/mol. The van der Waals surface area contributed by atoms with E-state index < -0.39 is 0 Å². The lowest BCUT2D eigenvalue weighted by Gasteiger charge is -2.07. The minimum atomic E-state index is -0.385. The van der Waals surface area contributed by atoms with E-state index in [4.69, 9.17) is 14.2 Å². The van der Waals surface area contributed by atoms with Gasteiger partial charge in [0.1, 0.15) is 6.61 Å². The average Bonchev–Trinajstić information content (AvgIpc) is 2.57. The third-order valence-corrected chi connectivity index (χ3v) is 3.48. The molecule has 0 amide bonds. The molecule has 0 atom stereocenters. The van der Waals surface area contributed by atoms with E-state index in [1.165, 1.54) is 6.08 Å². The molecule has 0 radical (unpaired) electrons. The Morgan fingerprint density at radius 1 is 0.958 bits per heavy atom. The van der Waals surface area contributed by atoms with Crippen LogP contribution < -0.4 is 9.47 Å². The summed E-state index contributed by atoms with van der Waals surface area (Å²) >= 11 is 0. The van der Waals surface area contributed by atoms with Crippen LogP contribution in [0.15, 0.2) is 42.5 Å². The quantitative estimate of drug-likeness (QED) is 0.593. The van der Waals surface area contributed by atoms with Crippen LogP contribution in [-0.2, 0) is 16.1 Å². The number of methoxy groups -OCH3 is 2. The molecule has 0 aliphatic heterocycles. The third kappa shape index (κ3) is 4.88. The molecule has 4 heteroatoms. The molecule has 0 aromatic heterocycles. The van der Waals surface area contributed by atoms with E-state index in [9.17, 15) is 4.79 Å². The predicted octanol–water partition coefficient (Wildman–Crippen LogP) is 4.08. The molecule has 126 valence electrons. The van der Waals surface area contributed by atoms with Crippen molar-refractivity contribution < 1.29 is 19.0 Å². The van der Waals surface area contributed by atoms with Gasteiger partial charge in [-0.05, 0) is 43.2 Å². The number of carbonyl (C=O) groups is 1. The van der Waals surface area contributed by atoms with E-state index >= 15 is 0 Å². The van der Waals surface area contributed by atoms with E-state index in [0.29, 0.717) is 11.5 Å². The lowest BCUT2D eigenvalue weighted by molar-refractivity contribution is -0.138. The summed E-state index contributed by atoms with van der Waals surface area (Å²) in [6.45, 7) is 4.31. The first-order valence-electron chi connectivity index (χ1n) is 7.66. The number of esters is 1. The third-order valence-electron chi connectivity index (χ3n) is 3.48. The highest BCUT2D eigenvalue weighted by atomic mass is 16.5. The van der Waals surface area contributed by atoms with E-state index in [1.807, 2.05) is 32.0 Å². The van der Waals surface area contributed by atoms with Gasteiger partial charge in [-0.15, -0.1) is 0 Å². The Morgan fingerprint density at radius 2 is 1.62 bits per heavy atom. The number of carbonyl (C=O) groups excluding carboxylic acids is 1.